The number of nitrogens with one attached hydrogen (secondary N) is 1. The van der Waals surface area contributed by atoms with Crippen molar-refractivity contribution >= 4 is 11.3 Å². The predicted octanol–water partition coefficient (Wildman–Crippen LogP) is 3.86. The van der Waals surface area contributed by atoms with E-state index in [1.807, 2.05) is 23.0 Å². The second-order valence-electron chi connectivity index (χ2n) is 4.82. The van der Waals surface area contributed by atoms with Crippen LogP contribution in [0, 0.1) is 0 Å². The Morgan fingerprint density at radius 1 is 1.29 bits per heavy atom. The molecule has 0 bridgehead atoms. The number of aromatic nitrogens is 1. The van der Waals surface area contributed by atoms with Crippen LogP contribution in [0.1, 0.15) is 24.6 Å². The Hall–Kier alpha value is -1.53. The predicted molar refractivity (Wildman–Crippen MR) is 79.8 cm³/mol. The van der Waals surface area contributed by atoms with Crippen LogP contribution >= 0.6 is 11.3 Å². The third-order valence-corrected chi connectivity index (χ3v) is 3.76. The molecular weight excluding hydrogens is 294 g/mol. The summed E-state index contributed by atoms with van der Waals surface area (Å²) >= 11 is 1.59. The van der Waals surface area contributed by atoms with Crippen LogP contribution in [0.25, 0.3) is 0 Å². The standard InChI is InChI=1S/C15H18F2N2OS/c1-11(18-8-13-9-21-10-19-13)2-3-12-4-6-14(7-5-12)20-15(16)17/h4-7,9-11,15,18H,2-3,8H2,1H3. The van der Waals surface area contributed by atoms with Gasteiger partial charge in [-0.25, -0.2) is 4.98 Å². The van der Waals surface area contributed by atoms with Gasteiger partial charge in [-0.05, 0) is 37.5 Å². The maximum absolute atomic E-state index is 12.0. The second-order valence-corrected chi connectivity index (χ2v) is 5.54. The first-order valence-corrected chi connectivity index (χ1v) is 7.72. The number of rotatable bonds is 8. The molecule has 0 amide bonds. The van der Waals surface area contributed by atoms with E-state index in [2.05, 4.69) is 22.0 Å². The fourth-order valence-electron chi connectivity index (χ4n) is 1.93. The van der Waals surface area contributed by atoms with Gasteiger partial charge >= 0.3 is 6.61 Å². The largest absolute Gasteiger partial charge is 0.435 e. The number of aryl methyl sites for hydroxylation is 1. The Labute approximate surface area is 127 Å². The molecule has 0 aliphatic carbocycles. The minimum absolute atomic E-state index is 0.198. The summed E-state index contributed by atoms with van der Waals surface area (Å²) in [4.78, 5) is 4.22. The van der Waals surface area contributed by atoms with E-state index in [0.29, 0.717) is 6.04 Å². The van der Waals surface area contributed by atoms with Crippen LogP contribution in [-0.2, 0) is 13.0 Å². The van der Waals surface area contributed by atoms with Gasteiger partial charge in [0.2, 0.25) is 0 Å². The number of hydrogen-bond acceptors (Lipinski definition) is 4. The van der Waals surface area contributed by atoms with Crippen LogP contribution in [0.15, 0.2) is 35.2 Å². The summed E-state index contributed by atoms with van der Waals surface area (Å²) in [5, 5.41) is 5.44. The summed E-state index contributed by atoms with van der Waals surface area (Å²) in [5.41, 5.74) is 3.99. The fourth-order valence-corrected chi connectivity index (χ4v) is 2.48. The number of hydrogen-bond donors (Lipinski definition) is 1. The zero-order valence-electron chi connectivity index (χ0n) is 11.8. The molecule has 0 aliphatic rings. The molecule has 3 nitrogen and oxygen atoms in total. The molecule has 2 aromatic rings. The molecule has 21 heavy (non-hydrogen) atoms. The van der Waals surface area contributed by atoms with E-state index in [4.69, 9.17) is 0 Å². The highest BCUT2D eigenvalue weighted by atomic mass is 32.1. The molecule has 0 saturated heterocycles. The van der Waals surface area contributed by atoms with Gasteiger partial charge in [-0.2, -0.15) is 8.78 Å². The van der Waals surface area contributed by atoms with Crippen molar-refractivity contribution in [1.82, 2.24) is 10.3 Å². The maximum Gasteiger partial charge on any atom is 0.387 e. The lowest BCUT2D eigenvalue weighted by molar-refractivity contribution is -0.0498. The quantitative estimate of drug-likeness (QED) is 0.804. The molecule has 1 aromatic heterocycles. The molecule has 1 N–H and O–H groups in total. The highest BCUT2D eigenvalue weighted by Crippen LogP contribution is 2.16. The van der Waals surface area contributed by atoms with Crippen LogP contribution in [0.4, 0.5) is 8.78 Å². The van der Waals surface area contributed by atoms with Gasteiger partial charge in [-0.15, -0.1) is 11.3 Å². The van der Waals surface area contributed by atoms with E-state index < -0.39 is 6.61 Å². The van der Waals surface area contributed by atoms with Crippen molar-refractivity contribution in [3.05, 3.63) is 46.4 Å². The van der Waals surface area contributed by atoms with Crippen molar-refractivity contribution in [2.45, 2.75) is 39.0 Å². The number of ether oxygens (including phenoxy) is 1. The van der Waals surface area contributed by atoms with Gasteiger partial charge in [-0.3, -0.25) is 0 Å². The lowest BCUT2D eigenvalue weighted by atomic mass is 10.1. The van der Waals surface area contributed by atoms with E-state index >= 15 is 0 Å². The Kier molecular flexibility index (Phi) is 6.07. The first-order chi connectivity index (χ1) is 10.1. The SMILES string of the molecule is CC(CCc1ccc(OC(F)F)cc1)NCc1cscn1. The van der Waals surface area contributed by atoms with Gasteiger partial charge in [0.25, 0.3) is 0 Å². The van der Waals surface area contributed by atoms with E-state index in [1.165, 1.54) is 0 Å². The number of nitrogens with zero attached hydrogens (tertiary/aromatic N) is 1. The summed E-state index contributed by atoms with van der Waals surface area (Å²) in [7, 11) is 0. The maximum atomic E-state index is 12.0. The zero-order chi connectivity index (χ0) is 15.1. The molecule has 114 valence electrons. The van der Waals surface area contributed by atoms with E-state index in [0.717, 1.165) is 30.6 Å². The monoisotopic (exact) mass is 312 g/mol. The molecule has 1 atom stereocenters. The Morgan fingerprint density at radius 2 is 2.05 bits per heavy atom. The van der Waals surface area contributed by atoms with Gasteiger partial charge in [0.15, 0.2) is 0 Å². The number of alkyl halides is 2. The molecule has 1 heterocycles. The van der Waals surface area contributed by atoms with Crippen LogP contribution in [0.2, 0.25) is 0 Å². The molecule has 0 spiro atoms. The minimum atomic E-state index is -2.77. The van der Waals surface area contributed by atoms with Gasteiger partial charge in [0, 0.05) is 18.0 Å². The smallest absolute Gasteiger partial charge is 0.387 e. The first kappa shape index (κ1) is 15.9. The van der Waals surface area contributed by atoms with E-state index in [-0.39, 0.29) is 5.75 Å². The van der Waals surface area contributed by atoms with Crippen LogP contribution in [0.3, 0.4) is 0 Å². The molecule has 0 saturated carbocycles. The van der Waals surface area contributed by atoms with Crippen LogP contribution in [0.5, 0.6) is 5.75 Å². The Balaban J connectivity index is 1.71. The lowest BCUT2D eigenvalue weighted by Crippen LogP contribution is -2.26. The highest BCUT2D eigenvalue weighted by molar-refractivity contribution is 7.07. The van der Waals surface area contributed by atoms with Gasteiger partial charge in [-0.1, -0.05) is 12.1 Å². The topological polar surface area (TPSA) is 34.1 Å². The summed E-state index contributed by atoms with van der Waals surface area (Å²) in [6.45, 7) is 0.123. The lowest BCUT2D eigenvalue weighted by Gasteiger charge is -2.13. The molecular formula is C15H18F2N2OS. The third kappa shape index (κ3) is 5.77. The van der Waals surface area contributed by atoms with Crippen LogP contribution < -0.4 is 10.1 Å². The van der Waals surface area contributed by atoms with Crippen molar-refractivity contribution in [2.24, 2.45) is 0 Å². The first-order valence-electron chi connectivity index (χ1n) is 6.77. The Morgan fingerprint density at radius 3 is 2.67 bits per heavy atom. The summed E-state index contributed by atoms with van der Waals surface area (Å²) in [5.74, 6) is 0.198. The molecule has 2 rings (SSSR count). The molecule has 0 aliphatic heterocycles. The second kappa shape index (κ2) is 8.05. The number of halogens is 2. The van der Waals surface area contributed by atoms with E-state index in [9.17, 15) is 8.78 Å². The van der Waals surface area contributed by atoms with Gasteiger partial charge in [0.05, 0.1) is 11.2 Å². The van der Waals surface area contributed by atoms with Crippen molar-refractivity contribution in [1.29, 1.82) is 0 Å². The number of benzene rings is 1. The Bertz CT molecular complexity index is 517. The van der Waals surface area contributed by atoms with Crippen LogP contribution in [-0.4, -0.2) is 17.6 Å². The van der Waals surface area contributed by atoms with Crippen molar-refractivity contribution in [3.63, 3.8) is 0 Å². The van der Waals surface area contributed by atoms with Gasteiger partial charge in [0.1, 0.15) is 5.75 Å². The summed E-state index contributed by atoms with van der Waals surface area (Å²) in [6.07, 6.45) is 1.86. The third-order valence-electron chi connectivity index (χ3n) is 3.13. The minimum Gasteiger partial charge on any atom is -0.435 e. The summed E-state index contributed by atoms with van der Waals surface area (Å²) < 4.78 is 28.4. The number of thiazole rings is 1. The average molecular weight is 312 g/mol. The molecule has 1 aromatic carbocycles. The molecule has 0 fully saturated rings. The normalized spacial score (nSPS) is 12.6. The van der Waals surface area contributed by atoms with Crippen molar-refractivity contribution in [2.75, 3.05) is 0 Å². The van der Waals surface area contributed by atoms with E-state index in [1.54, 1.807) is 23.5 Å². The van der Waals surface area contributed by atoms with Crippen molar-refractivity contribution in [3.8, 4) is 5.75 Å². The molecule has 0 radical (unpaired) electrons. The molecule has 6 heteroatoms. The molecule has 1 unspecified atom stereocenters. The average Bonchev–Trinajstić information content (AvgIpc) is 2.97. The highest BCUT2D eigenvalue weighted by Gasteiger charge is 2.06. The fraction of sp³-hybridized carbons (Fsp3) is 0.400. The summed E-state index contributed by atoms with van der Waals surface area (Å²) in [6, 6.07) is 7.17. The van der Waals surface area contributed by atoms with Crippen molar-refractivity contribution < 1.29 is 13.5 Å². The van der Waals surface area contributed by atoms with Gasteiger partial charge < -0.3 is 10.1 Å². The zero-order valence-corrected chi connectivity index (χ0v) is 12.6.